The fourth-order valence-corrected chi connectivity index (χ4v) is 2.52. The lowest BCUT2D eigenvalue weighted by atomic mass is 9.95. The number of nitrogens with zero attached hydrogens (tertiary/aromatic N) is 2. The van der Waals surface area contributed by atoms with Gasteiger partial charge in [0.15, 0.2) is 0 Å². The number of nitrogens with one attached hydrogen (secondary N) is 1. The molecule has 0 fully saturated rings. The highest BCUT2D eigenvalue weighted by Gasteiger charge is 2.31. The Balaban J connectivity index is 2.27. The van der Waals surface area contributed by atoms with Crippen LogP contribution in [0.3, 0.4) is 0 Å². The maximum absolute atomic E-state index is 11.9. The molecule has 5 nitrogen and oxygen atoms in total. The van der Waals surface area contributed by atoms with Crippen LogP contribution in [0.15, 0.2) is 35.6 Å². The van der Waals surface area contributed by atoms with Crippen LogP contribution in [-0.2, 0) is 4.79 Å². The van der Waals surface area contributed by atoms with Gasteiger partial charge in [-0.15, -0.1) is 0 Å². The van der Waals surface area contributed by atoms with Crippen molar-refractivity contribution in [3.05, 3.63) is 36.0 Å². The van der Waals surface area contributed by atoms with Crippen LogP contribution in [0.4, 0.5) is 0 Å². The lowest BCUT2D eigenvalue weighted by Gasteiger charge is -2.05. The van der Waals surface area contributed by atoms with Crippen molar-refractivity contribution in [1.29, 1.82) is 0 Å². The minimum atomic E-state index is -0.412. The predicted molar refractivity (Wildman–Crippen MR) is 72.2 cm³/mol. The van der Waals surface area contributed by atoms with Gasteiger partial charge in [-0.2, -0.15) is 5.10 Å². The van der Waals surface area contributed by atoms with Crippen LogP contribution in [0.2, 0.25) is 0 Å². The van der Waals surface area contributed by atoms with E-state index >= 15 is 0 Å². The van der Waals surface area contributed by atoms with E-state index in [1.54, 1.807) is 10.8 Å². The third kappa shape index (κ3) is 1.66. The SMILES string of the molecule is CC(=O)n1cc([C@@H]2C(=O)NN=C2C)c2ccccc21. The van der Waals surface area contributed by atoms with Gasteiger partial charge in [-0.3, -0.25) is 14.2 Å². The number of carbonyl (C=O) groups excluding carboxylic acids is 2. The smallest absolute Gasteiger partial charge is 0.253 e. The van der Waals surface area contributed by atoms with Crippen LogP contribution in [0.1, 0.15) is 30.1 Å². The number of benzene rings is 1. The number of carbonyl (C=O) groups is 2. The minimum Gasteiger partial charge on any atom is -0.287 e. The number of aromatic nitrogens is 1. The molecule has 1 aliphatic heterocycles. The highest BCUT2D eigenvalue weighted by molar-refractivity contribution is 6.14. The Hall–Kier alpha value is -2.43. The average Bonchev–Trinajstić information content (AvgIpc) is 2.91. The molecule has 96 valence electrons. The van der Waals surface area contributed by atoms with E-state index in [1.807, 2.05) is 31.2 Å². The van der Waals surface area contributed by atoms with Gasteiger partial charge in [0.2, 0.25) is 5.91 Å². The number of hydrazone groups is 1. The second kappa shape index (κ2) is 4.05. The summed E-state index contributed by atoms with van der Waals surface area (Å²) in [5.41, 5.74) is 4.83. The highest BCUT2D eigenvalue weighted by Crippen LogP contribution is 2.30. The Morgan fingerprint density at radius 3 is 2.74 bits per heavy atom. The molecule has 1 atom stereocenters. The summed E-state index contributed by atoms with van der Waals surface area (Å²) >= 11 is 0. The predicted octanol–water partition coefficient (Wildman–Crippen LogP) is 1.89. The molecule has 19 heavy (non-hydrogen) atoms. The van der Waals surface area contributed by atoms with Crippen LogP contribution in [0.25, 0.3) is 10.9 Å². The molecule has 0 bridgehead atoms. The molecular formula is C14H13N3O2. The fourth-order valence-electron chi connectivity index (χ4n) is 2.52. The van der Waals surface area contributed by atoms with Gasteiger partial charge >= 0.3 is 0 Å². The zero-order chi connectivity index (χ0) is 13.6. The van der Waals surface area contributed by atoms with Crippen LogP contribution in [-0.4, -0.2) is 22.1 Å². The van der Waals surface area contributed by atoms with E-state index < -0.39 is 5.92 Å². The van der Waals surface area contributed by atoms with Gasteiger partial charge in [-0.05, 0) is 18.6 Å². The molecule has 1 aliphatic rings. The third-order valence-corrected chi connectivity index (χ3v) is 3.42. The molecule has 2 heterocycles. The monoisotopic (exact) mass is 255 g/mol. The van der Waals surface area contributed by atoms with E-state index in [2.05, 4.69) is 10.5 Å². The van der Waals surface area contributed by atoms with Crippen LogP contribution in [0, 0.1) is 0 Å². The molecule has 0 saturated carbocycles. The van der Waals surface area contributed by atoms with Crippen molar-refractivity contribution >= 4 is 28.4 Å². The van der Waals surface area contributed by atoms with Gasteiger partial charge < -0.3 is 0 Å². The van der Waals surface area contributed by atoms with Crippen molar-refractivity contribution in [3.8, 4) is 0 Å². The van der Waals surface area contributed by atoms with Gasteiger partial charge in [-0.1, -0.05) is 18.2 Å². The number of rotatable bonds is 1. The average molecular weight is 255 g/mol. The zero-order valence-electron chi connectivity index (χ0n) is 10.7. The van der Waals surface area contributed by atoms with Crippen molar-refractivity contribution in [2.24, 2.45) is 5.10 Å². The van der Waals surface area contributed by atoms with E-state index in [-0.39, 0.29) is 11.8 Å². The molecule has 1 N–H and O–H groups in total. The topological polar surface area (TPSA) is 63.5 Å². The summed E-state index contributed by atoms with van der Waals surface area (Å²) in [6.45, 7) is 3.31. The largest absolute Gasteiger partial charge is 0.287 e. The Morgan fingerprint density at radius 1 is 1.37 bits per heavy atom. The van der Waals surface area contributed by atoms with E-state index in [4.69, 9.17) is 0 Å². The Bertz CT molecular complexity index is 727. The van der Waals surface area contributed by atoms with Gasteiger partial charge in [0, 0.05) is 18.5 Å². The number of amides is 1. The molecule has 0 spiro atoms. The Labute approximate surface area is 109 Å². The molecule has 0 unspecified atom stereocenters. The summed E-state index contributed by atoms with van der Waals surface area (Å²) in [4.78, 5) is 23.6. The lowest BCUT2D eigenvalue weighted by molar-refractivity contribution is -0.120. The maximum atomic E-state index is 11.9. The summed E-state index contributed by atoms with van der Waals surface area (Å²) < 4.78 is 1.57. The van der Waals surface area contributed by atoms with E-state index in [9.17, 15) is 9.59 Å². The molecule has 1 aromatic heterocycles. The molecule has 0 radical (unpaired) electrons. The Morgan fingerprint density at radius 2 is 2.11 bits per heavy atom. The number of para-hydroxylation sites is 1. The molecular weight excluding hydrogens is 242 g/mol. The molecule has 2 aromatic rings. The number of hydrogen-bond acceptors (Lipinski definition) is 3. The van der Waals surface area contributed by atoms with Gasteiger partial charge in [-0.25, -0.2) is 5.43 Å². The molecule has 0 aliphatic carbocycles. The van der Waals surface area contributed by atoms with E-state index in [1.165, 1.54) is 6.92 Å². The first-order valence-electron chi connectivity index (χ1n) is 6.04. The van der Waals surface area contributed by atoms with Crippen molar-refractivity contribution in [1.82, 2.24) is 9.99 Å². The number of hydrogen-bond donors (Lipinski definition) is 1. The Kier molecular flexibility index (Phi) is 2.48. The van der Waals surface area contributed by atoms with Gasteiger partial charge in [0.05, 0.1) is 11.2 Å². The second-order valence-corrected chi connectivity index (χ2v) is 4.65. The molecule has 1 amide bonds. The van der Waals surface area contributed by atoms with E-state index in [0.717, 1.165) is 22.2 Å². The quantitative estimate of drug-likeness (QED) is 0.845. The molecule has 1 aromatic carbocycles. The normalized spacial score (nSPS) is 18.5. The van der Waals surface area contributed by atoms with Crippen molar-refractivity contribution in [3.63, 3.8) is 0 Å². The highest BCUT2D eigenvalue weighted by atomic mass is 16.2. The standard InChI is InChI=1S/C14H13N3O2/c1-8-13(14(19)16-15-8)11-7-17(9(2)18)12-6-4-3-5-10(11)12/h3-7,13H,1-2H3,(H,16,19)/t13-/m1/s1. The number of fused-ring (bicyclic) bond motifs is 1. The first-order chi connectivity index (χ1) is 9.09. The lowest BCUT2D eigenvalue weighted by Crippen LogP contribution is -2.20. The van der Waals surface area contributed by atoms with Crippen molar-refractivity contribution < 1.29 is 9.59 Å². The second-order valence-electron chi connectivity index (χ2n) is 4.65. The molecule has 0 saturated heterocycles. The maximum Gasteiger partial charge on any atom is 0.253 e. The first kappa shape index (κ1) is 11.6. The van der Waals surface area contributed by atoms with Crippen LogP contribution >= 0.6 is 0 Å². The van der Waals surface area contributed by atoms with Crippen LogP contribution < -0.4 is 5.43 Å². The molecule has 3 rings (SSSR count). The van der Waals surface area contributed by atoms with E-state index in [0.29, 0.717) is 0 Å². The fraction of sp³-hybridized carbons (Fsp3) is 0.214. The summed E-state index contributed by atoms with van der Waals surface area (Å²) in [5.74, 6) is -0.634. The van der Waals surface area contributed by atoms with Gasteiger partial charge in [0.25, 0.3) is 5.91 Å². The van der Waals surface area contributed by atoms with Crippen LogP contribution in [0.5, 0.6) is 0 Å². The summed E-state index contributed by atoms with van der Waals surface area (Å²) in [7, 11) is 0. The summed E-state index contributed by atoms with van der Waals surface area (Å²) in [5, 5.41) is 4.87. The van der Waals surface area contributed by atoms with Crippen molar-refractivity contribution in [2.45, 2.75) is 19.8 Å². The molecule has 5 heteroatoms. The zero-order valence-corrected chi connectivity index (χ0v) is 10.7. The van der Waals surface area contributed by atoms with Crippen molar-refractivity contribution in [2.75, 3.05) is 0 Å². The third-order valence-electron chi connectivity index (χ3n) is 3.42. The first-order valence-corrected chi connectivity index (χ1v) is 6.04. The minimum absolute atomic E-state index is 0.0737. The van der Waals surface area contributed by atoms with Gasteiger partial charge in [0.1, 0.15) is 5.92 Å². The summed E-state index contributed by atoms with van der Waals surface area (Å²) in [6, 6.07) is 7.57. The summed E-state index contributed by atoms with van der Waals surface area (Å²) in [6.07, 6.45) is 1.74.